The largest absolute Gasteiger partial charge is 0.452 e. The summed E-state index contributed by atoms with van der Waals surface area (Å²) in [6.45, 7) is 3.25. The molecule has 126 valence electrons. The maximum Gasteiger partial charge on any atom is 0.338 e. The second-order valence-corrected chi connectivity index (χ2v) is 5.73. The van der Waals surface area contributed by atoms with Crippen molar-refractivity contribution in [2.75, 3.05) is 26.3 Å². The van der Waals surface area contributed by atoms with Gasteiger partial charge in [-0.15, -0.1) is 0 Å². The molecule has 1 fully saturated rings. The summed E-state index contributed by atoms with van der Waals surface area (Å²) in [6.07, 6.45) is 3.87. The Labute approximate surface area is 140 Å². The number of hydrogen-bond donors (Lipinski definition) is 0. The van der Waals surface area contributed by atoms with Gasteiger partial charge in [0, 0.05) is 31.2 Å². The van der Waals surface area contributed by atoms with E-state index in [1.807, 2.05) is 48.1 Å². The standard InChI is InChI=1S/C18H20N2O4/c1-14-12-20(10-11-23-14)17(21)13-24-18(22)15-4-6-16(7-5-15)19-8-2-3-9-19/h2-9,14H,10-13H2,1H3. The highest BCUT2D eigenvalue weighted by Crippen LogP contribution is 2.11. The smallest absolute Gasteiger partial charge is 0.338 e. The molecular formula is C18H20N2O4. The third kappa shape index (κ3) is 3.83. The van der Waals surface area contributed by atoms with Crippen molar-refractivity contribution in [3.8, 4) is 5.69 Å². The zero-order chi connectivity index (χ0) is 16.9. The van der Waals surface area contributed by atoms with Crippen molar-refractivity contribution >= 4 is 11.9 Å². The molecule has 0 aliphatic carbocycles. The van der Waals surface area contributed by atoms with Crippen LogP contribution in [0, 0.1) is 0 Å². The van der Waals surface area contributed by atoms with Crippen molar-refractivity contribution in [3.05, 3.63) is 54.4 Å². The van der Waals surface area contributed by atoms with Gasteiger partial charge in [-0.05, 0) is 43.3 Å². The molecule has 0 N–H and O–H groups in total. The SMILES string of the molecule is CC1CN(C(=O)COC(=O)c2ccc(-n3cccc3)cc2)CCO1. The third-order valence-corrected chi connectivity index (χ3v) is 3.93. The van der Waals surface area contributed by atoms with Crippen LogP contribution in [0.5, 0.6) is 0 Å². The molecule has 1 aromatic carbocycles. The Morgan fingerprint density at radius 2 is 1.92 bits per heavy atom. The minimum absolute atomic E-state index is 0.0135. The fourth-order valence-corrected chi connectivity index (χ4v) is 2.62. The second kappa shape index (κ2) is 7.31. The van der Waals surface area contributed by atoms with E-state index in [1.54, 1.807) is 17.0 Å². The molecule has 0 radical (unpaired) electrons. The molecule has 1 atom stereocenters. The topological polar surface area (TPSA) is 60.8 Å². The van der Waals surface area contributed by atoms with Crippen molar-refractivity contribution in [3.63, 3.8) is 0 Å². The average molecular weight is 328 g/mol. The zero-order valence-electron chi connectivity index (χ0n) is 13.6. The molecule has 0 spiro atoms. The maximum atomic E-state index is 12.1. The molecule has 2 heterocycles. The summed E-state index contributed by atoms with van der Waals surface area (Å²) >= 11 is 0. The highest BCUT2D eigenvalue weighted by molar-refractivity contribution is 5.91. The lowest BCUT2D eigenvalue weighted by Crippen LogP contribution is -2.46. The van der Waals surface area contributed by atoms with Crippen LogP contribution in [-0.2, 0) is 14.3 Å². The lowest BCUT2D eigenvalue weighted by molar-refractivity contribution is -0.141. The van der Waals surface area contributed by atoms with Crippen molar-refractivity contribution < 1.29 is 19.1 Å². The van der Waals surface area contributed by atoms with E-state index in [1.165, 1.54) is 0 Å². The first-order valence-electron chi connectivity index (χ1n) is 7.93. The number of nitrogens with zero attached hydrogens (tertiary/aromatic N) is 2. The fraction of sp³-hybridized carbons (Fsp3) is 0.333. The summed E-state index contributed by atoms with van der Waals surface area (Å²) in [5.41, 5.74) is 1.38. The van der Waals surface area contributed by atoms with Crippen LogP contribution in [-0.4, -0.2) is 53.8 Å². The molecule has 0 saturated carbocycles. The molecule has 1 unspecified atom stereocenters. The molecule has 1 aliphatic heterocycles. The van der Waals surface area contributed by atoms with Crippen LogP contribution in [0.15, 0.2) is 48.8 Å². The van der Waals surface area contributed by atoms with E-state index in [-0.39, 0.29) is 18.6 Å². The summed E-state index contributed by atoms with van der Waals surface area (Å²) in [6, 6.07) is 10.9. The summed E-state index contributed by atoms with van der Waals surface area (Å²) < 4.78 is 12.5. The molecule has 3 rings (SSSR count). The van der Waals surface area contributed by atoms with Gasteiger partial charge in [0.25, 0.3) is 5.91 Å². The highest BCUT2D eigenvalue weighted by Gasteiger charge is 2.22. The van der Waals surface area contributed by atoms with Crippen LogP contribution < -0.4 is 0 Å². The van der Waals surface area contributed by atoms with Crippen molar-refractivity contribution in [1.82, 2.24) is 9.47 Å². The summed E-state index contributed by atoms with van der Waals surface area (Å²) in [5, 5.41) is 0. The Morgan fingerprint density at radius 3 is 2.58 bits per heavy atom. The number of carbonyl (C=O) groups is 2. The number of esters is 1. The minimum Gasteiger partial charge on any atom is -0.452 e. The monoisotopic (exact) mass is 328 g/mol. The molecule has 24 heavy (non-hydrogen) atoms. The van der Waals surface area contributed by atoms with Gasteiger partial charge in [0.2, 0.25) is 0 Å². The third-order valence-electron chi connectivity index (χ3n) is 3.93. The van der Waals surface area contributed by atoms with Crippen LogP contribution in [0.2, 0.25) is 0 Å². The first-order valence-corrected chi connectivity index (χ1v) is 7.93. The van der Waals surface area contributed by atoms with E-state index >= 15 is 0 Å². The van der Waals surface area contributed by atoms with Gasteiger partial charge >= 0.3 is 5.97 Å². The molecule has 6 heteroatoms. The predicted octanol–water partition coefficient (Wildman–Crippen LogP) is 1.88. The summed E-state index contributed by atoms with van der Waals surface area (Å²) in [5.74, 6) is -0.689. The number of ether oxygens (including phenoxy) is 2. The van der Waals surface area contributed by atoms with Gasteiger partial charge in [-0.25, -0.2) is 4.79 Å². The lowest BCUT2D eigenvalue weighted by Gasteiger charge is -2.30. The normalized spacial score (nSPS) is 17.5. The van der Waals surface area contributed by atoms with E-state index in [0.717, 1.165) is 5.69 Å². The molecular weight excluding hydrogens is 308 g/mol. The zero-order valence-corrected chi connectivity index (χ0v) is 13.6. The van der Waals surface area contributed by atoms with Crippen molar-refractivity contribution in [2.45, 2.75) is 13.0 Å². The molecule has 2 aromatic rings. The first kappa shape index (κ1) is 16.3. The van der Waals surface area contributed by atoms with Crippen LogP contribution in [0.4, 0.5) is 0 Å². The van der Waals surface area contributed by atoms with Gasteiger partial charge in [-0.3, -0.25) is 4.79 Å². The molecule has 1 aliphatic rings. The van der Waals surface area contributed by atoms with Gasteiger partial charge < -0.3 is 18.9 Å². The van der Waals surface area contributed by atoms with E-state index in [0.29, 0.717) is 25.3 Å². The number of morpholine rings is 1. The minimum atomic E-state index is -0.497. The number of carbonyl (C=O) groups excluding carboxylic acids is 2. The summed E-state index contributed by atoms with van der Waals surface area (Å²) in [4.78, 5) is 25.8. The number of aromatic nitrogens is 1. The molecule has 1 saturated heterocycles. The van der Waals surface area contributed by atoms with E-state index < -0.39 is 5.97 Å². The molecule has 1 aromatic heterocycles. The highest BCUT2D eigenvalue weighted by atomic mass is 16.5. The Kier molecular flexibility index (Phi) is 4.96. The number of hydrogen-bond acceptors (Lipinski definition) is 4. The lowest BCUT2D eigenvalue weighted by atomic mass is 10.2. The molecule has 1 amide bonds. The number of benzene rings is 1. The maximum absolute atomic E-state index is 12.1. The quantitative estimate of drug-likeness (QED) is 0.804. The van der Waals surface area contributed by atoms with Gasteiger partial charge in [-0.1, -0.05) is 0 Å². The Bertz CT molecular complexity index is 694. The number of amides is 1. The Morgan fingerprint density at radius 1 is 1.21 bits per heavy atom. The predicted molar refractivity (Wildman–Crippen MR) is 88.0 cm³/mol. The van der Waals surface area contributed by atoms with E-state index in [9.17, 15) is 9.59 Å². The summed E-state index contributed by atoms with van der Waals surface area (Å²) in [7, 11) is 0. The van der Waals surface area contributed by atoms with Gasteiger partial charge in [0.05, 0.1) is 18.3 Å². The van der Waals surface area contributed by atoms with E-state index in [4.69, 9.17) is 9.47 Å². The van der Waals surface area contributed by atoms with Gasteiger partial charge in [0.15, 0.2) is 6.61 Å². The first-order chi connectivity index (χ1) is 11.6. The fourth-order valence-electron chi connectivity index (χ4n) is 2.62. The Hall–Kier alpha value is -2.60. The average Bonchev–Trinajstić information content (AvgIpc) is 3.14. The van der Waals surface area contributed by atoms with Gasteiger partial charge in [0.1, 0.15) is 0 Å². The van der Waals surface area contributed by atoms with Crippen LogP contribution in [0.3, 0.4) is 0 Å². The second-order valence-electron chi connectivity index (χ2n) is 5.73. The van der Waals surface area contributed by atoms with E-state index in [2.05, 4.69) is 0 Å². The molecule has 0 bridgehead atoms. The molecule has 6 nitrogen and oxygen atoms in total. The Balaban J connectivity index is 1.54. The number of rotatable bonds is 4. The van der Waals surface area contributed by atoms with Crippen LogP contribution >= 0.6 is 0 Å². The van der Waals surface area contributed by atoms with Gasteiger partial charge in [-0.2, -0.15) is 0 Å². The van der Waals surface area contributed by atoms with Crippen LogP contribution in [0.25, 0.3) is 5.69 Å². The van der Waals surface area contributed by atoms with Crippen LogP contribution in [0.1, 0.15) is 17.3 Å². The van der Waals surface area contributed by atoms with Crippen molar-refractivity contribution in [1.29, 1.82) is 0 Å². The van der Waals surface area contributed by atoms with Crippen molar-refractivity contribution in [2.24, 2.45) is 0 Å².